The molecule has 1 amide bonds. The number of carbonyl (C=O) groups is 1. The van der Waals surface area contributed by atoms with E-state index in [1.807, 2.05) is 31.3 Å². The number of hydrogen-bond donors (Lipinski definition) is 2. The Bertz CT molecular complexity index is 357. The minimum Gasteiger partial charge on any atom is -0.388 e. The highest BCUT2D eigenvalue weighted by atomic mass is 16.1. The van der Waals surface area contributed by atoms with Crippen LogP contribution in [0.15, 0.2) is 24.3 Å². The van der Waals surface area contributed by atoms with Crippen LogP contribution in [0.25, 0.3) is 0 Å². The van der Waals surface area contributed by atoms with E-state index in [9.17, 15) is 4.79 Å². The molecule has 0 aliphatic carbocycles. The maximum atomic E-state index is 10.3. The second-order valence-electron chi connectivity index (χ2n) is 2.44. The highest BCUT2D eigenvalue weighted by Gasteiger charge is 1.88. The molecule has 0 saturated heterocycles. The lowest BCUT2D eigenvalue weighted by Gasteiger charge is -1.97. The van der Waals surface area contributed by atoms with Crippen LogP contribution in [0.2, 0.25) is 0 Å². The number of carbonyl (C=O) groups excluding carboxylic acids is 1. The maximum Gasteiger partial charge on any atom is 0.293 e. The Morgan fingerprint density at radius 1 is 1.38 bits per heavy atom. The highest BCUT2D eigenvalue weighted by molar-refractivity contribution is 5.92. The number of nitrogens with two attached hydrogens (primary N) is 1. The number of primary amides is 1. The van der Waals surface area contributed by atoms with Crippen LogP contribution in [0.4, 0.5) is 5.69 Å². The number of benzene rings is 1. The van der Waals surface area contributed by atoms with Crippen molar-refractivity contribution >= 4 is 11.6 Å². The van der Waals surface area contributed by atoms with Crippen LogP contribution < -0.4 is 11.1 Å². The first-order chi connectivity index (χ1) is 6.22. The lowest BCUT2D eigenvalue weighted by Crippen LogP contribution is -2.06. The Morgan fingerprint density at radius 3 is 2.46 bits per heavy atom. The third-order valence-electron chi connectivity index (χ3n) is 1.50. The van der Waals surface area contributed by atoms with Gasteiger partial charge in [-0.3, -0.25) is 4.79 Å². The van der Waals surface area contributed by atoms with Crippen LogP contribution in [0, 0.1) is 11.8 Å². The quantitative estimate of drug-likeness (QED) is 0.611. The normalized spacial score (nSPS) is 8.38. The van der Waals surface area contributed by atoms with E-state index in [-0.39, 0.29) is 0 Å². The molecular formula is C10H10N2O. The molecule has 0 heterocycles. The SMILES string of the molecule is CNc1ccc(C#CC(N)=O)cc1. The summed E-state index contributed by atoms with van der Waals surface area (Å²) in [6.45, 7) is 0. The second kappa shape index (κ2) is 4.17. The number of nitrogens with one attached hydrogen (secondary N) is 1. The van der Waals surface area contributed by atoms with E-state index in [1.165, 1.54) is 0 Å². The van der Waals surface area contributed by atoms with Crippen LogP contribution >= 0.6 is 0 Å². The van der Waals surface area contributed by atoms with Crippen molar-refractivity contribution in [3.63, 3.8) is 0 Å². The molecule has 0 fully saturated rings. The molecule has 0 aromatic heterocycles. The summed E-state index contributed by atoms with van der Waals surface area (Å²) in [5, 5.41) is 2.98. The molecule has 0 radical (unpaired) electrons. The predicted octanol–water partition coefficient (Wildman–Crippen LogP) is 0.565. The first-order valence-electron chi connectivity index (χ1n) is 3.81. The summed E-state index contributed by atoms with van der Waals surface area (Å²) >= 11 is 0. The van der Waals surface area contributed by atoms with Gasteiger partial charge in [0, 0.05) is 18.3 Å². The minimum atomic E-state index is -0.613. The van der Waals surface area contributed by atoms with Crippen LogP contribution in [0.1, 0.15) is 5.56 Å². The molecular weight excluding hydrogens is 164 g/mol. The predicted molar refractivity (Wildman–Crippen MR) is 52.1 cm³/mol. The van der Waals surface area contributed by atoms with Gasteiger partial charge < -0.3 is 11.1 Å². The third kappa shape index (κ3) is 2.88. The van der Waals surface area contributed by atoms with Crippen molar-refractivity contribution < 1.29 is 4.79 Å². The van der Waals surface area contributed by atoms with Crippen molar-refractivity contribution in [2.24, 2.45) is 5.73 Å². The first kappa shape index (κ1) is 9.14. The van der Waals surface area contributed by atoms with Gasteiger partial charge in [0.25, 0.3) is 5.91 Å². The Kier molecular flexibility index (Phi) is 2.93. The molecule has 1 rings (SSSR count). The van der Waals surface area contributed by atoms with Gasteiger partial charge >= 0.3 is 0 Å². The summed E-state index contributed by atoms with van der Waals surface area (Å²) in [7, 11) is 1.84. The molecule has 0 aliphatic rings. The van der Waals surface area contributed by atoms with Gasteiger partial charge in [0.1, 0.15) is 0 Å². The van der Waals surface area contributed by atoms with E-state index in [2.05, 4.69) is 17.2 Å². The van der Waals surface area contributed by atoms with E-state index in [0.717, 1.165) is 11.3 Å². The molecule has 0 spiro atoms. The standard InChI is InChI=1S/C10H10N2O/c1-12-9-5-2-8(3-6-9)4-7-10(11)13/h2-3,5-6,12H,1H3,(H2,11,13). The van der Waals surface area contributed by atoms with Crippen LogP contribution in [0.3, 0.4) is 0 Å². The largest absolute Gasteiger partial charge is 0.388 e. The average Bonchev–Trinajstić information content (AvgIpc) is 2.15. The van der Waals surface area contributed by atoms with Gasteiger partial charge in [0.2, 0.25) is 0 Å². The molecule has 3 nitrogen and oxygen atoms in total. The molecule has 66 valence electrons. The van der Waals surface area contributed by atoms with E-state index < -0.39 is 5.91 Å². The Balaban J connectivity index is 2.83. The van der Waals surface area contributed by atoms with Gasteiger partial charge in [-0.1, -0.05) is 5.92 Å². The van der Waals surface area contributed by atoms with Crippen LogP contribution in [0.5, 0.6) is 0 Å². The Labute approximate surface area is 76.9 Å². The molecule has 3 N–H and O–H groups in total. The summed E-state index contributed by atoms with van der Waals surface area (Å²) in [5.41, 5.74) is 6.65. The van der Waals surface area contributed by atoms with Gasteiger partial charge in [-0.15, -0.1) is 0 Å². The maximum absolute atomic E-state index is 10.3. The van der Waals surface area contributed by atoms with Gasteiger partial charge in [0.05, 0.1) is 0 Å². The zero-order valence-corrected chi connectivity index (χ0v) is 7.29. The monoisotopic (exact) mass is 174 g/mol. The minimum absolute atomic E-state index is 0.613. The first-order valence-corrected chi connectivity index (χ1v) is 3.81. The molecule has 3 heteroatoms. The summed E-state index contributed by atoms with van der Waals surface area (Å²) in [4.78, 5) is 10.3. The number of rotatable bonds is 1. The zero-order chi connectivity index (χ0) is 9.68. The number of hydrogen-bond acceptors (Lipinski definition) is 2. The van der Waals surface area contributed by atoms with Crippen LogP contribution in [-0.2, 0) is 4.79 Å². The average molecular weight is 174 g/mol. The summed E-state index contributed by atoms with van der Waals surface area (Å²) in [6, 6.07) is 7.40. The molecule has 0 unspecified atom stereocenters. The topological polar surface area (TPSA) is 55.1 Å². The third-order valence-corrected chi connectivity index (χ3v) is 1.50. The fraction of sp³-hybridized carbons (Fsp3) is 0.100. The summed E-state index contributed by atoms with van der Waals surface area (Å²) < 4.78 is 0. The number of anilines is 1. The molecule has 0 saturated carbocycles. The van der Waals surface area contributed by atoms with E-state index >= 15 is 0 Å². The number of amides is 1. The smallest absolute Gasteiger partial charge is 0.293 e. The van der Waals surface area contributed by atoms with E-state index in [4.69, 9.17) is 5.73 Å². The van der Waals surface area contributed by atoms with Crippen molar-refractivity contribution in [2.45, 2.75) is 0 Å². The molecule has 1 aromatic carbocycles. The van der Waals surface area contributed by atoms with Crippen molar-refractivity contribution in [2.75, 3.05) is 12.4 Å². The van der Waals surface area contributed by atoms with E-state index in [0.29, 0.717) is 0 Å². The zero-order valence-electron chi connectivity index (χ0n) is 7.29. The molecule has 13 heavy (non-hydrogen) atoms. The summed E-state index contributed by atoms with van der Waals surface area (Å²) in [6.07, 6.45) is 0. The van der Waals surface area contributed by atoms with Crippen LogP contribution in [-0.4, -0.2) is 13.0 Å². The van der Waals surface area contributed by atoms with E-state index in [1.54, 1.807) is 0 Å². The van der Waals surface area contributed by atoms with Crippen molar-refractivity contribution in [1.29, 1.82) is 0 Å². The lowest BCUT2D eigenvalue weighted by molar-refractivity contribution is -0.112. The second-order valence-corrected chi connectivity index (χ2v) is 2.44. The lowest BCUT2D eigenvalue weighted by atomic mass is 10.2. The van der Waals surface area contributed by atoms with Crippen molar-refractivity contribution in [3.8, 4) is 11.8 Å². The Hall–Kier alpha value is -1.95. The molecule has 0 atom stereocenters. The molecule has 0 aliphatic heterocycles. The fourth-order valence-corrected chi connectivity index (χ4v) is 0.854. The summed E-state index contributed by atoms with van der Waals surface area (Å²) in [5.74, 6) is 4.30. The van der Waals surface area contributed by atoms with Gasteiger partial charge in [0.15, 0.2) is 0 Å². The molecule has 1 aromatic rings. The highest BCUT2D eigenvalue weighted by Crippen LogP contribution is 2.06. The molecule has 0 bridgehead atoms. The van der Waals surface area contributed by atoms with Crippen molar-refractivity contribution in [1.82, 2.24) is 0 Å². The Morgan fingerprint density at radius 2 is 2.00 bits per heavy atom. The van der Waals surface area contributed by atoms with Crippen molar-refractivity contribution in [3.05, 3.63) is 29.8 Å². The van der Waals surface area contributed by atoms with Gasteiger partial charge in [-0.2, -0.15) is 0 Å². The van der Waals surface area contributed by atoms with Gasteiger partial charge in [-0.05, 0) is 30.2 Å². The fourth-order valence-electron chi connectivity index (χ4n) is 0.854. The van der Waals surface area contributed by atoms with Gasteiger partial charge in [-0.25, -0.2) is 0 Å².